The highest BCUT2D eigenvalue weighted by molar-refractivity contribution is 7.89. The predicted molar refractivity (Wildman–Crippen MR) is 70.1 cm³/mol. The van der Waals surface area contributed by atoms with Gasteiger partial charge in [0.25, 0.3) is 0 Å². The first-order valence-electron chi connectivity index (χ1n) is 5.88. The van der Waals surface area contributed by atoms with Crippen LogP contribution in [0.4, 0.5) is 5.82 Å². The van der Waals surface area contributed by atoms with Crippen molar-refractivity contribution in [3.8, 4) is 0 Å². The molecule has 1 heterocycles. The van der Waals surface area contributed by atoms with Crippen molar-refractivity contribution in [1.82, 2.24) is 9.71 Å². The van der Waals surface area contributed by atoms with Gasteiger partial charge in [0.2, 0.25) is 10.0 Å². The van der Waals surface area contributed by atoms with E-state index in [0.717, 1.165) is 0 Å². The van der Waals surface area contributed by atoms with E-state index in [2.05, 4.69) is 15.0 Å². The Balaban J connectivity index is 2.77. The summed E-state index contributed by atoms with van der Waals surface area (Å²) in [5.41, 5.74) is 0. The van der Waals surface area contributed by atoms with Gasteiger partial charge in [0.05, 0.1) is 6.61 Å². The number of nitrogens with one attached hydrogen (secondary N) is 2. The largest absolute Gasteiger partial charge is 0.380 e. The molecule has 6 nitrogen and oxygen atoms in total. The van der Waals surface area contributed by atoms with Crippen molar-refractivity contribution in [3.63, 3.8) is 0 Å². The van der Waals surface area contributed by atoms with Crippen molar-refractivity contribution in [1.29, 1.82) is 0 Å². The lowest BCUT2D eigenvalue weighted by molar-refractivity contribution is 0.153. The van der Waals surface area contributed by atoms with Gasteiger partial charge in [-0.3, -0.25) is 0 Å². The van der Waals surface area contributed by atoms with Gasteiger partial charge in [0.15, 0.2) is 0 Å². The third kappa shape index (κ3) is 4.25. The Morgan fingerprint density at radius 2 is 2.17 bits per heavy atom. The number of ether oxygens (including phenoxy) is 1. The van der Waals surface area contributed by atoms with Gasteiger partial charge in [0, 0.05) is 25.9 Å². The monoisotopic (exact) mass is 273 g/mol. The molecule has 0 aromatic carbocycles. The molecule has 0 saturated carbocycles. The van der Waals surface area contributed by atoms with Crippen LogP contribution in [-0.2, 0) is 14.8 Å². The first-order valence-corrected chi connectivity index (χ1v) is 7.36. The van der Waals surface area contributed by atoms with E-state index in [4.69, 9.17) is 4.74 Å². The van der Waals surface area contributed by atoms with Crippen LogP contribution in [0.5, 0.6) is 0 Å². The second-order valence-corrected chi connectivity index (χ2v) is 5.21. The summed E-state index contributed by atoms with van der Waals surface area (Å²) in [6.07, 6.45) is 1.55. The molecular formula is C11H19N3O3S. The van der Waals surface area contributed by atoms with E-state index < -0.39 is 10.0 Å². The Bertz CT molecular complexity index is 462. The Morgan fingerprint density at radius 3 is 2.83 bits per heavy atom. The van der Waals surface area contributed by atoms with Gasteiger partial charge in [0.1, 0.15) is 10.7 Å². The smallest absolute Gasteiger partial charge is 0.244 e. The van der Waals surface area contributed by atoms with Gasteiger partial charge < -0.3 is 10.1 Å². The normalized spacial score (nSPS) is 11.4. The second-order valence-electron chi connectivity index (χ2n) is 3.48. The predicted octanol–water partition coefficient (Wildman–Crippen LogP) is 0.828. The number of rotatable bonds is 8. The summed E-state index contributed by atoms with van der Waals surface area (Å²) in [4.78, 5) is 4.17. The van der Waals surface area contributed by atoms with Crippen LogP contribution in [-0.4, -0.2) is 39.7 Å². The molecule has 0 amide bonds. The molecule has 0 radical (unpaired) electrons. The minimum atomic E-state index is -3.55. The molecule has 1 aromatic rings. The molecule has 18 heavy (non-hydrogen) atoms. The Kier molecular flexibility index (Phi) is 6.03. The molecule has 7 heteroatoms. The molecule has 0 aliphatic rings. The van der Waals surface area contributed by atoms with Gasteiger partial charge in [-0.05, 0) is 26.0 Å². The first-order chi connectivity index (χ1) is 8.61. The molecule has 1 rings (SSSR count). The second kappa shape index (κ2) is 7.30. The van der Waals surface area contributed by atoms with Crippen molar-refractivity contribution >= 4 is 15.8 Å². The highest BCUT2D eigenvalue weighted by Crippen LogP contribution is 2.17. The fourth-order valence-electron chi connectivity index (χ4n) is 1.38. The summed E-state index contributed by atoms with van der Waals surface area (Å²) in [5.74, 6) is 0.365. The molecule has 102 valence electrons. The summed E-state index contributed by atoms with van der Waals surface area (Å²) in [5, 5.41) is 2.92. The standard InChI is InChI=1S/C11H19N3O3S/c1-3-12-11-10(6-5-7-13-11)18(15,16)14-8-9-17-4-2/h5-7,14H,3-4,8-9H2,1-2H3,(H,12,13). The quantitative estimate of drug-likeness (QED) is 0.686. The Morgan fingerprint density at radius 1 is 1.39 bits per heavy atom. The van der Waals surface area contributed by atoms with Crippen LogP contribution in [0.25, 0.3) is 0 Å². The van der Waals surface area contributed by atoms with E-state index >= 15 is 0 Å². The number of pyridine rings is 1. The molecule has 0 fully saturated rings. The molecule has 0 saturated heterocycles. The summed E-state index contributed by atoms with van der Waals surface area (Å²) in [6, 6.07) is 3.12. The maximum Gasteiger partial charge on any atom is 0.244 e. The zero-order chi connectivity index (χ0) is 13.4. The molecule has 0 atom stereocenters. The third-order valence-electron chi connectivity index (χ3n) is 2.15. The van der Waals surface area contributed by atoms with E-state index in [1.54, 1.807) is 12.3 Å². The van der Waals surface area contributed by atoms with Crippen molar-refractivity contribution < 1.29 is 13.2 Å². The average Bonchev–Trinajstić information content (AvgIpc) is 2.36. The number of hydrogen-bond acceptors (Lipinski definition) is 5. The first kappa shape index (κ1) is 14.9. The van der Waals surface area contributed by atoms with E-state index in [0.29, 0.717) is 25.6 Å². The molecule has 0 aliphatic carbocycles. The number of anilines is 1. The topological polar surface area (TPSA) is 80.3 Å². The van der Waals surface area contributed by atoms with Gasteiger partial charge >= 0.3 is 0 Å². The third-order valence-corrected chi connectivity index (χ3v) is 3.64. The molecule has 1 aromatic heterocycles. The number of nitrogens with zero attached hydrogens (tertiary/aromatic N) is 1. The zero-order valence-corrected chi connectivity index (χ0v) is 11.5. The highest BCUT2D eigenvalue weighted by Gasteiger charge is 2.18. The summed E-state index contributed by atoms with van der Waals surface area (Å²) < 4.78 is 31.6. The van der Waals surface area contributed by atoms with Crippen molar-refractivity contribution in [3.05, 3.63) is 18.3 Å². The van der Waals surface area contributed by atoms with Crippen LogP contribution in [0.1, 0.15) is 13.8 Å². The van der Waals surface area contributed by atoms with Crippen molar-refractivity contribution in [2.45, 2.75) is 18.7 Å². The van der Waals surface area contributed by atoms with Gasteiger partial charge in [-0.2, -0.15) is 0 Å². The maximum absolute atomic E-state index is 12.0. The average molecular weight is 273 g/mol. The summed E-state index contributed by atoms with van der Waals surface area (Å²) in [6.45, 7) is 5.52. The van der Waals surface area contributed by atoms with Crippen LogP contribution < -0.4 is 10.0 Å². The zero-order valence-electron chi connectivity index (χ0n) is 10.6. The summed E-state index contributed by atoms with van der Waals surface area (Å²) in [7, 11) is -3.55. The van der Waals surface area contributed by atoms with E-state index in [1.807, 2.05) is 13.8 Å². The molecule has 0 bridgehead atoms. The van der Waals surface area contributed by atoms with E-state index in [-0.39, 0.29) is 11.4 Å². The molecule has 0 spiro atoms. The minimum Gasteiger partial charge on any atom is -0.380 e. The fraction of sp³-hybridized carbons (Fsp3) is 0.545. The van der Waals surface area contributed by atoms with Gasteiger partial charge in [-0.15, -0.1) is 0 Å². The molecule has 2 N–H and O–H groups in total. The van der Waals surface area contributed by atoms with Gasteiger partial charge in [-0.25, -0.2) is 18.1 Å². The van der Waals surface area contributed by atoms with E-state index in [9.17, 15) is 8.42 Å². The van der Waals surface area contributed by atoms with Crippen LogP contribution in [0.3, 0.4) is 0 Å². The summed E-state index contributed by atoms with van der Waals surface area (Å²) >= 11 is 0. The van der Waals surface area contributed by atoms with Crippen LogP contribution in [0, 0.1) is 0 Å². The fourth-order valence-corrected chi connectivity index (χ4v) is 2.52. The van der Waals surface area contributed by atoms with Crippen molar-refractivity contribution in [2.75, 3.05) is 31.6 Å². The lowest BCUT2D eigenvalue weighted by Gasteiger charge is -2.11. The molecule has 0 aliphatic heterocycles. The van der Waals surface area contributed by atoms with Crippen LogP contribution >= 0.6 is 0 Å². The van der Waals surface area contributed by atoms with Gasteiger partial charge in [-0.1, -0.05) is 0 Å². The highest BCUT2D eigenvalue weighted by atomic mass is 32.2. The lowest BCUT2D eigenvalue weighted by atomic mass is 10.4. The number of hydrogen-bond donors (Lipinski definition) is 2. The van der Waals surface area contributed by atoms with Crippen molar-refractivity contribution in [2.24, 2.45) is 0 Å². The lowest BCUT2D eigenvalue weighted by Crippen LogP contribution is -2.28. The Hall–Kier alpha value is -1.18. The van der Waals surface area contributed by atoms with Crippen LogP contribution in [0.2, 0.25) is 0 Å². The minimum absolute atomic E-state index is 0.156. The number of aromatic nitrogens is 1. The van der Waals surface area contributed by atoms with Crippen LogP contribution in [0.15, 0.2) is 23.2 Å². The number of sulfonamides is 1. The van der Waals surface area contributed by atoms with E-state index in [1.165, 1.54) is 6.07 Å². The maximum atomic E-state index is 12.0. The Labute approximate surface area is 108 Å². The SMILES string of the molecule is CCNc1ncccc1S(=O)(=O)NCCOCC. The molecule has 0 unspecified atom stereocenters. The molecular weight excluding hydrogens is 254 g/mol.